The Labute approximate surface area is 75.8 Å². The van der Waals surface area contributed by atoms with E-state index in [9.17, 15) is 4.79 Å². The van der Waals surface area contributed by atoms with Crippen molar-refractivity contribution < 1.29 is 9.53 Å². The first-order chi connectivity index (χ1) is 5.76. The predicted octanol–water partition coefficient (Wildman–Crippen LogP) is 0.240. The average Bonchev–Trinajstić information content (AvgIpc) is 2.52. The summed E-state index contributed by atoms with van der Waals surface area (Å²) in [6, 6.07) is 0.182. The number of aliphatic imine (C=N–C) groups is 1. The molecule has 68 valence electrons. The maximum atomic E-state index is 10.9. The van der Waals surface area contributed by atoms with Crippen LogP contribution in [0.4, 0.5) is 0 Å². The first-order valence-corrected chi connectivity index (χ1v) is 4.67. The van der Waals surface area contributed by atoms with Gasteiger partial charge in [0.15, 0.2) is 5.17 Å². The molecule has 0 amide bonds. The van der Waals surface area contributed by atoms with Gasteiger partial charge in [-0.3, -0.25) is 9.79 Å². The van der Waals surface area contributed by atoms with E-state index in [1.807, 2.05) is 0 Å². The molecule has 1 heterocycles. The molecule has 1 fully saturated rings. The van der Waals surface area contributed by atoms with Crippen molar-refractivity contribution in [2.45, 2.75) is 12.5 Å². The Morgan fingerprint density at radius 1 is 1.92 bits per heavy atom. The summed E-state index contributed by atoms with van der Waals surface area (Å²) in [7, 11) is 3.13. The third kappa shape index (κ3) is 2.41. The Morgan fingerprint density at radius 2 is 2.67 bits per heavy atom. The molecule has 0 spiro atoms. The molecule has 4 nitrogen and oxygen atoms in total. The smallest absolute Gasteiger partial charge is 0.307 e. The van der Waals surface area contributed by atoms with Gasteiger partial charge in [-0.2, -0.15) is 0 Å². The number of nitrogens with zero attached hydrogens (tertiary/aromatic N) is 1. The van der Waals surface area contributed by atoms with Crippen molar-refractivity contribution in [2.24, 2.45) is 4.99 Å². The summed E-state index contributed by atoms with van der Waals surface area (Å²) in [5.41, 5.74) is 0. The van der Waals surface area contributed by atoms with Gasteiger partial charge < -0.3 is 10.1 Å². The van der Waals surface area contributed by atoms with E-state index in [1.54, 1.807) is 18.8 Å². The Hall–Kier alpha value is -0.710. The highest BCUT2D eigenvalue weighted by atomic mass is 32.2. The second-order valence-electron chi connectivity index (χ2n) is 2.46. The summed E-state index contributed by atoms with van der Waals surface area (Å²) in [4.78, 5) is 14.8. The molecule has 0 aromatic rings. The number of amidine groups is 1. The third-order valence-corrected chi connectivity index (χ3v) is 2.74. The summed E-state index contributed by atoms with van der Waals surface area (Å²) < 4.78 is 4.55. The van der Waals surface area contributed by atoms with E-state index in [2.05, 4.69) is 15.0 Å². The number of ether oxygens (including phenoxy) is 1. The first-order valence-electron chi connectivity index (χ1n) is 3.69. The van der Waals surface area contributed by atoms with E-state index >= 15 is 0 Å². The van der Waals surface area contributed by atoms with Crippen molar-refractivity contribution in [1.82, 2.24) is 5.32 Å². The van der Waals surface area contributed by atoms with Crippen molar-refractivity contribution in [3.8, 4) is 0 Å². The molecule has 0 radical (unpaired) electrons. The van der Waals surface area contributed by atoms with Crippen LogP contribution in [0, 0.1) is 0 Å². The fourth-order valence-electron chi connectivity index (χ4n) is 0.961. The minimum Gasteiger partial charge on any atom is -0.469 e. The zero-order valence-corrected chi connectivity index (χ0v) is 7.98. The van der Waals surface area contributed by atoms with E-state index in [0.717, 1.165) is 10.9 Å². The van der Waals surface area contributed by atoms with Crippen LogP contribution in [0.2, 0.25) is 0 Å². The molecule has 1 unspecified atom stereocenters. The molecule has 1 saturated heterocycles. The minimum atomic E-state index is -0.176. The average molecular weight is 188 g/mol. The molecule has 1 N–H and O–H groups in total. The Morgan fingerprint density at radius 3 is 3.17 bits per heavy atom. The normalized spacial score (nSPS) is 25.5. The van der Waals surface area contributed by atoms with Crippen molar-refractivity contribution in [1.29, 1.82) is 0 Å². The van der Waals surface area contributed by atoms with Crippen LogP contribution in [0.1, 0.15) is 6.42 Å². The van der Waals surface area contributed by atoms with E-state index < -0.39 is 0 Å². The molecule has 1 aliphatic rings. The maximum absolute atomic E-state index is 10.9. The summed E-state index contributed by atoms with van der Waals surface area (Å²) in [5.74, 6) is 0.715. The number of esters is 1. The van der Waals surface area contributed by atoms with Gasteiger partial charge in [-0.25, -0.2) is 0 Å². The molecule has 0 aliphatic carbocycles. The minimum absolute atomic E-state index is 0.176. The second kappa shape index (κ2) is 4.35. The number of nitrogens with one attached hydrogen (secondary N) is 1. The van der Waals surface area contributed by atoms with E-state index in [1.165, 1.54) is 7.11 Å². The summed E-state index contributed by atoms with van der Waals surface area (Å²) >= 11 is 1.63. The molecule has 12 heavy (non-hydrogen) atoms. The Bertz CT molecular complexity index is 206. The van der Waals surface area contributed by atoms with Gasteiger partial charge in [0.2, 0.25) is 0 Å². The molecule has 0 saturated carbocycles. The van der Waals surface area contributed by atoms with Gasteiger partial charge in [0, 0.05) is 18.8 Å². The van der Waals surface area contributed by atoms with Crippen molar-refractivity contribution in [2.75, 3.05) is 19.9 Å². The molecule has 0 aromatic carbocycles. The number of carbonyl (C=O) groups excluding carboxylic acids is 1. The lowest BCUT2D eigenvalue weighted by atomic mass is 10.2. The lowest BCUT2D eigenvalue weighted by molar-refractivity contribution is -0.140. The van der Waals surface area contributed by atoms with Crippen LogP contribution in [0.15, 0.2) is 4.99 Å². The maximum Gasteiger partial charge on any atom is 0.307 e. The number of methoxy groups -OCH3 is 1. The summed E-state index contributed by atoms with van der Waals surface area (Å²) in [5, 5.41) is 4.02. The van der Waals surface area contributed by atoms with Crippen molar-refractivity contribution in [3.05, 3.63) is 0 Å². The van der Waals surface area contributed by atoms with Crippen molar-refractivity contribution in [3.63, 3.8) is 0 Å². The van der Waals surface area contributed by atoms with Crippen LogP contribution >= 0.6 is 11.8 Å². The molecular formula is C7H12N2O2S. The third-order valence-electron chi connectivity index (χ3n) is 1.59. The Kier molecular flexibility index (Phi) is 3.40. The van der Waals surface area contributed by atoms with Crippen LogP contribution in [0.25, 0.3) is 0 Å². The zero-order chi connectivity index (χ0) is 8.97. The van der Waals surface area contributed by atoms with Crippen LogP contribution in [-0.4, -0.2) is 37.1 Å². The van der Waals surface area contributed by atoms with Crippen LogP contribution < -0.4 is 5.32 Å². The summed E-state index contributed by atoms with van der Waals surface area (Å²) in [6.45, 7) is 0. The van der Waals surface area contributed by atoms with Gasteiger partial charge in [-0.1, -0.05) is 11.8 Å². The van der Waals surface area contributed by atoms with Crippen molar-refractivity contribution >= 4 is 22.9 Å². The molecule has 1 rings (SSSR count). The lowest BCUT2D eigenvalue weighted by Gasteiger charge is -2.06. The second-order valence-corrected chi connectivity index (χ2v) is 3.47. The van der Waals surface area contributed by atoms with E-state index in [0.29, 0.717) is 6.42 Å². The largest absolute Gasteiger partial charge is 0.469 e. The van der Waals surface area contributed by atoms with Gasteiger partial charge >= 0.3 is 5.97 Å². The van der Waals surface area contributed by atoms with Gasteiger partial charge in [0.1, 0.15) is 0 Å². The Balaban J connectivity index is 2.33. The molecular weight excluding hydrogens is 176 g/mol. The highest BCUT2D eigenvalue weighted by Crippen LogP contribution is 2.15. The number of carbonyl (C=O) groups is 1. The molecule has 0 bridgehead atoms. The van der Waals surface area contributed by atoms with Gasteiger partial charge in [-0.05, 0) is 0 Å². The van der Waals surface area contributed by atoms with Gasteiger partial charge in [0.25, 0.3) is 0 Å². The topological polar surface area (TPSA) is 50.7 Å². The van der Waals surface area contributed by atoms with Gasteiger partial charge in [0.05, 0.1) is 13.5 Å². The molecule has 0 aromatic heterocycles. The number of rotatable bonds is 2. The summed E-state index contributed by atoms with van der Waals surface area (Å²) in [6.07, 6.45) is 0.419. The first kappa shape index (κ1) is 9.38. The molecule has 5 heteroatoms. The monoisotopic (exact) mass is 188 g/mol. The highest BCUT2D eigenvalue weighted by molar-refractivity contribution is 8.14. The fraction of sp³-hybridized carbons (Fsp3) is 0.714. The van der Waals surface area contributed by atoms with Crippen LogP contribution in [0.5, 0.6) is 0 Å². The number of hydrogen-bond acceptors (Lipinski definition) is 4. The number of thioether (sulfide) groups is 1. The predicted molar refractivity (Wildman–Crippen MR) is 49.4 cm³/mol. The quantitative estimate of drug-likeness (QED) is 0.631. The fourth-order valence-corrected chi connectivity index (χ4v) is 1.90. The van der Waals surface area contributed by atoms with Crippen LogP contribution in [-0.2, 0) is 9.53 Å². The standard InChI is InChI=1S/C7H12N2O2S/c1-8-7-9-5(4-12-7)3-6(10)11-2/h5H,3-4H2,1-2H3,(H,8,9). The van der Waals surface area contributed by atoms with E-state index in [4.69, 9.17) is 0 Å². The highest BCUT2D eigenvalue weighted by Gasteiger charge is 2.22. The van der Waals surface area contributed by atoms with E-state index in [-0.39, 0.29) is 12.0 Å². The number of hydrogen-bond donors (Lipinski definition) is 1. The van der Waals surface area contributed by atoms with Gasteiger partial charge in [-0.15, -0.1) is 0 Å². The van der Waals surface area contributed by atoms with Crippen LogP contribution in [0.3, 0.4) is 0 Å². The zero-order valence-electron chi connectivity index (χ0n) is 7.16. The lowest BCUT2D eigenvalue weighted by Crippen LogP contribution is -2.29. The SMILES string of the molecule is CN=C1NC(CC(=O)OC)CS1. The molecule has 1 aliphatic heterocycles. The molecule has 1 atom stereocenters.